The van der Waals surface area contributed by atoms with Crippen molar-refractivity contribution in [3.63, 3.8) is 0 Å². The monoisotopic (exact) mass is 565 g/mol. The van der Waals surface area contributed by atoms with Crippen LogP contribution in [0.2, 0.25) is 0 Å². The van der Waals surface area contributed by atoms with Crippen molar-refractivity contribution in [2.24, 2.45) is 0 Å². The van der Waals surface area contributed by atoms with Crippen molar-refractivity contribution in [2.75, 3.05) is 18.0 Å². The summed E-state index contributed by atoms with van der Waals surface area (Å²) in [4.78, 5) is 29.0. The maximum absolute atomic E-state index is 14.1. The van der Waals surface area contributed by atoms with E-state index in [-0.39, 0.29) is 29.1 Å². The van der Waals surface area contributed by atoms with Crippen LogP contribution in [0.3, 0.4) is 0 Å². The number of rotatable bonds is 13. The van der Waals surface area contributed by atoms with E-state index in [1.807, 2.05) is 58.0 Å². The largest absolute Gasteiger partial charge is 0.495 e. The minimum atomic E-state index is -4.18. The summed E-state index contributed by atoms with van der Waals surface area (Å²) in [6.07, 6.45) is 1.10. The van der Waals surface area contributed by atoms with Crippen molar-refractivity contribution in [1.29, 1.82) is 0 Å². The van der Waals surface area contributed by atoms with Gasteiger partial charge >= 0.3 is 0 Å². The van der Waals surface area contributed by atoms with E-state index in [0.717, 1.165) is 21.9 Å². The molecular formula is C31H39N3O5S. The maximum Gasteiger partial charge on any atom is 0.264 e. The van der Waals surface area contributed by atoms with Gasteiger partial charge in [0.2, 0.25) is 11.8 Å². The van der Waals surface area contributed by atoms with Crippen LogP contribution >= 0.6 is 0 Å². The number of para-hydroxylation sites is 2. The van der Waals surface area contributed by atoms with E-state index < -0.39 is 28.5 Å². The predicted molar refractivity (Wildman–Crippen MR) is 158 cm³/mol. The van der Waals surface area contributed by atoms with Gasteiger partial charge in [-0.05, 0) is 56.5 Å². The zero-order valence-corrected chi connectivity index (χ0v) is 24.6. The average molecular weight is 566 g/mol. The molecular weight excluding hydrogens is 526 g/mol. The fraction of sp³-hybridized carbons (Fsp3) is 0.355. The van der Waals surface area contributed by atoms with E-state index in [9.17, 15) is 18.0 Å². The number of hydrogen-bond acceptors (Lipinski definition) is 5. The number of sulfonamides is 1. The summed E-state index contributed by atoms with van der Waals surface area (Å²) in [5, 5.41) is 2.98. The predicted octanol–water partition coefficient (Wildman–Crippen LogP) is 4.92. The molecule has 2 amide bonds. The highest BCUT2D eigenvalue weighted by Crippen LogP contribution is 2.32. The maximum atomic E-state index is 14.1. The van der Waals surface area contributed by atoms with Crippen LogP contribution in [0.15, 0.2) is 83.8 Å². The number of anilines is 1. The summed E-state index contributed by atoms with van der Waals surface area (Å²) < 4.78 is 34.6. The second-order valence-electron chi connectivity index (χ2n) is 9.75. The molecule has 0 heterocycles. The molecule has 3 rings (SSSR count). The molecule has 0 aliphatic rings. The SMILES string of the molecule is CC[C@@H](C)NC(=O)[C@H](CC)N(Cc1ccccc1)C(=O)CN(c1ccccc1OC)S(=O)(=O)c1ccc(C)cc1. The lowest BCUT2D eigenvalue weighted by molar-refractivity contribution is -0.140. The Balaban J connectivity index is 2.08. The number of carbonyl (C=O) groups excluding carboxylic acids is 2. The summed E-state index contributed by atoms with van der Waals surface area (Å²) >= 11 is 0. The number of aryl methyl sites for hydroxylation is 1. The molecule has 0 unspecified atom stereocenters. The summed E-state index contributed by atoms with van der Waals surface area (Å²) in [5.74, 6) is -0.467. The third-order valence-electron chi connectivity index (χ3n) is 6.82. The number of ether oxygens (including phenoxy) is 1. The zero-order chi connectivity index (χ0) is 29.3. The van der Waals surface area contributed by atoms with Crippen LogP contribution in [-0.2, 0) is 26.2 Å². The van der Waals surface area contributed by atoms with Crippen LogP contribution in [0.25, 0.3) is 0 Å². The van der Waals surface area contributed by atoms with Gasteiger partial charge in [-0.3, -0.25) is 13.9 Å². The van der Waals surface area contributed by atoms with Crippen molar-refractivity contribution in [3.05, 3.63) is 90.0 Å². The first-order chi connectivity index (χ1) is 19.1. The Morgan fingerprint density at radius 2 is 1.52 bits per heavy atom. The molecule has 9 heteroatoms. The van der Waals surface area contributed by atoms with Crippen molar-refractivity contribution in [3.8, 4) is 5.75 Å². The van der Waals surface area contributed by atoms with Crippen molar-refractivity contribution < 1.29 is 22.7 Å². The molecule has 2 atom stereocenters. The number of nitrogens with one attached hydrogen (secondary N) is 1. The van der Waals surface area contributed by atoms with Crippen LogP contribution in [-0.4, -0.2) is 50.9 Å². The van der Waals surface area contributed by atoms with E-state index in [0.29, 0.717) is 12.2 Å². The van der Waals surface area contributed by atoms with Gasteiger partial charge in [-0.25, -0.2) is 8.42 Å². The molecule has 8 nitrogen and oxygen atoms in total. The van der Waals surface area contributed by atoms with Gasteiger partial charge in [-0.2, -0.15) is 0 Å². The Kier molecular flexibility index (Phi) is 10.7. The minimum Gasteiger partial charge on any atom is -0.495 e. The molecule has 214 valence electrons. The first kappa shape index (κ1) is 30.7. The van der Waals surface area contributed by atoms with Gasteiger partial charge in [-0.15, -0.1) is 0 Å². The average Bonchev–Trinajstić information content (AvgIpc) is 2.96. The summed E-state index contributed by atoms with van der Waals surface area (Å²) in [6.45, 7) is 7.22. The number of hydrogen-bond donors (Lipinski definition) is 1. The first-order valence-corrected chi connectivity index (χ1v) is 14.9. The number of benzene rings is 3. The third-order valence-corrected chi connectivity index (χ3v) is 8.60. The van der Waals surface area contributed by atoms with E-state index >= 15 is 0 Å². The smallest absolute Gasteiger partial charge is 0.264 e. The van der Waals surface area contributed by atoms with E-state index in [1.165, 1.54) is 24.1 Å². The quantitative estimate of drug-likeness (QED) is 0.317. The fourth-order valence-corrected chi connectivity index (χ4v) is 5.75. The van der Waals surface area contributed by atoms with Gasteiger partial charge in [0, 0.05) is 12.6 Å². The molecule has 3 aromatic rings. The Morgan fingerprint density at radius 3 is 2.12 bits per heavy atom. The summed E-state index contributed by atoms with van der Waals surface area (Å²) in [6, 6.07) is 21.6. The number of methoxy groups -OCH3 is 1. The highest BCUT2D eigenvalue weighted by Gasteiger charge is 2.34. The summed E-state index contributed by atoms with van der Waals surface area (Å²) in [5.41, 5.74) is 1.97. The molecule has 0 saturated carbocycles. The molecule has 0 spiro atoms. The van der Waals surface area contributed by atoms with Crippen LogP contribution < -0.4 is 14.4 Å². The molecule has 3 aromatic carbocycles. The number of carbonyl (C=O) groups is 2. The second kappa shape index (κ2) is 14.0. The molecule has 0 bridgehead atoms. The van der Waals surface area contributed by atoms with Gasteiger partial charge in [0.05, 0.1) is 17.7 Å². The Morgan fingerprint density at radius 1 is 0.900 bits per heavy atom. The minimum absolute atomic E-state index is 0.0490. The lowest BCUT2D eigenvalue weighted by atomic mass is 10.1. The van der Waals surface area contributed by atoms with Gasteiger partial charge in [-0.1, -0.05) is 74.0 Å². The fourth-order valence-electron chi connectivity index (χ4n) is 4.33. The van der Waals surface area contributed by atoms with Crippen LogP contribution in [0.1, 0.15) is 44.7 Å². The molecule has 0 aromatic heterocycles. The zero-order valence-electron chi connectivity index (χ0n) is 23.8. The third kappa shape index (κ3) is 7.41. The lowest BCUT2D eigenvalue weighted by Crippen LogP contribution is -2.53. The van der Waals surface area contributed by atoms with Crippen molar-refractivity contribution in [1.82, 2.24) is 10.2 Å². The van der Waals surface area contributed by atoms with Gasteiger partial charge in [0.1, 0.15) is 18.3 Å². The molecule has 0 saturated heterocycles. The van der Waals surface area contributed by atoms with Gasteiger partial charge < -0.3 is 15.0 Å². The molecule has 0 aliphatic carbocycles. The molecule has 0 fully saturated rings. The first-order valence-electron chi connectivity index (χ1n) is 13.5. The van der Waals surface area contributed by atoms with Gasteiger partial charge in [0.15, 0.2) is 0 Å². The molecule has 0 radical (unpaired) electrons. The number of amides is 2. The molecule has 1 N–H and O–H groups in total. The van der Waals surface area contributed by atoms with E-state index in [1.54, 1.807) is 36.4 Å². The van der Waals surface area contributed by atoms with E-state index in [4.69, 9.17) is 4.74 Å². The molecule has 0 aliphatic heterocycles. The van der Waals surface area contributed by atoms with Crippen LogP contribution in [0.5, 0.6) is 5.75 Å². The van der Waals surface area contributed by atoms with E-state index in [2.05, 4.69) is 5.32 Å². The Bertz CT molecular complexity index is 1380. The highest BCUT2D eigenvalue weighted by atomic mass is 32.2. The Labute approximate surface area is 238 Å². The molecule has 40 heavy (non-hydrogen) atoms. The lowest BCUT2D eigenvalue weighted by Gasteiger charge is -2.34. The van der Waals surface area contributed by atoms with Crippen molar-refractivity contribution >= 4 is 27.5 Å². The van der Waals surface area contributed by atoms with Gasteiger partial charge in [0.25, 0.3) is 10.0 Å². The Hall–Kier alpha value is -3.85. The number of nitrogens with zero attached hydrogens (tertiary/aromatic N) is 2. The normalized spacial score (nSPS) is 12.7. The van der Waals surface area contributed by atoms with Crippen LogP contribution in [0, 0.1) is 6.92 Å². The second-order valence-corrected chi connectivity index (χ2v) is 11.6. The summed E-state index contributed by atoms with van der Waals surface area (Å²) in [7, 11) is -2.73. The topological polar surface area (TPSA) is 96.0 Å². The van der Waals surface area contributed by atoms with Crippen LogP contribution in [0.4, 0.5) is 5.69 Å². The van der Waals surface area contributed by atoms with Crippen molar-refractivity contribution in [2.45, 2.75) is 64.1 Å². The highest BCUT2D eigenvalue weighted by molar-refractivity contribution is 7.92. The standard InChI is InChI=1S/C31H39N3O5S/c1-6-24(4)32-31(36)27(7-2)33(21-25-13-9-8-10-14-25)30(35)22-34(28-15-11-12-16-29(28)39-5)40(37,38)26-19-17-23(3)18-20-26/h8-20,24,27H,6-7,21-22H2,1-5H3,(H,32,36)/t24-,27+/m1/s1.